The molecule has 0 aliphatic carbocycles. The Morgan fingerprint density at radius 1 is 1.80 bits per heavy atom. The van der Waals surface area contributed by atoms with Crippen LogP contribution in [0.5, 0.6) is 0 Å². The minimum absolute atomic E-state index is 0.409. The van der Waals surface area contributed by atoms with Gasteiger partial charge >= 0.3 is 7.82 Å². The van der Waals surface area contributed by atoms with Gasteiger partial charge in [-0.1, -0.05) is 10.6 Å². The predicted molar refractivity (Wildman–Crippen MR) is 31.5 cm³/mol. The molecule has 7 heteroatoms. The van der Waals surface area contributed by atoms with Crippen molar-refractivity contribution in [3.8, 4) is 12.3 Å². The van der Waals surface area contributed by atoms with Crippen molar-refractivity contribution in [3.05, 3.63) is 0 Å². The van der Waals surface area contributed by atoms with Crippen LogP contribution >= 0.6 is 19.7 Å². The zero-order valence-corrected chi connectivity index (χ0v) is 6.27. The van der Waals surface area contributed by atoms with Gasteiger partial charge in [0.2, 0.25) is 0 Å². The van der Waals surface area contributed by atoms with E-state index in [2.05, 4.69) is 31.6 Å². The Bertz CT molecular complexity index is 170. The standard InChI is InChI=1S/C3H3ClFO4P/c1-2-3-7-10(6,8-4)9-5/h1H,3H2. The summed E-state index contributed by atoms with van der Waals surface area (Å²) in [4.78, 5) is 0. The van der Waals surface area contributed by atoms with Crippen LogP contribution in [-0.4, -0.2) is 6.61 Å². The Balaban J connectivity index is 3.85. The zero-order chi connectivity index (χ0) is 8.04. The molecular formula is C3H3ClFO4P. The van der Waals surface area contributed by atoms with Crippen molar-refractivity contribution in [1.29, 1.82) is 0 Å². The van der Waals surface area contributed by atoms with Gasteiger partial charge in [-0.25, -0.2) is 4.57 Å². The van der Waals surface area contributed by atoms with Crippen molar-refractivity contribution in [2.75, 3.05) is 6.61 Å². The fourth-order valence-corrected chi connectivity index (χ4v) is 0.684. The van der Waals surface area contributed by atoms with Crippen LogP contribution in [0.1, 0.15) is 0 Å². The summed E-state index contributed by atoms with van der Waals surface area (Å²) < 4.78 is 32.0. The lowest BCUT2D eigenvalue weighted by Gasteiger charge is -2.04. The number of phosphoric acid groups is 1. The first-order valence-electron chi connectivity index (χ1n) is 1.97. The second kappa shape index (κ2) is 4.67. The summed E-state index contributed by atoms with van der Waals surface area (Å²) in [6, 6.07) is 0. The van der Waals surface area contributed by atoms with Crippen LogP contribution in [0.25, 0.3) is 0 Å². The van der Waals surface area contributed by atoms with Gasteiger partial charge in [0, 0.05) is 0 Å². The van der Waals surface area contributed by atoms with Gasteiger partial charge in [-0.15, -0.1) is 6.42 Å². The lowest BCUT2D eigenvalue weighted by molar-refractivity contribution is -0.0421. The van der Waals surface area contributed by atoms with Crippen molar-refractivity contribution < 1.29 is 22.4 Å². The van der Waals surface area contributed by atoms with E-state index in [1.54, 1.807) is 0 Å². The van der Waals surface area contributed by atoms with Crippen LogP contribution in [0.3, 0.4) is 0 Å². The molecule has 0 spiro atoms. The highest BCUT2D eigenvalue weighted by Crippen LogP contribution is 2.50. The summed E-state index contributed by atoms with van der Waals surface area (Å²) in [5, 5.41) is 0. The van der Waals surface area contributed by atoms with Crippen LogP contribution in [0.4, 0.5) is 4.53 Å². The lowest BCUT2D eigenvalue weighted by Crippen LogP contribution is -1.90. The van der Waals surface area contributed by atoms with E-state index >= 15 is 0 Å². The van der Waals surface area contributed by atoms with Gasteiger partial charge in [0.25, 0.3) is 0 Å². The fraction of sp³-hybridized carbons (Fsp3) is 0.333. The number of rotatable bonds is 4. The van der Waals surface area contributed by atoms with Crippen LogP contribution < -0.4 is 0 Å². The van der Waals surface area contributed by atoms with Crippen LogP contribution in [0, 0.1) is 12.3 Å². The van der Waals surface area contributed by atoms with Gasteiger partial charge in [0.15, 0.2) is 0 Å². The molecule has 0 amide bonds. The molecule has 58 valence electrons. The molecular weight excluding hydrogens is 185 g/mol. The molecule has 0 fully saturated rings. The molecule has 1 atom stereocenters. The van der Waals surface area contributed by atoms with Crippen LogP contribution in [-0.2, 0) is 17.9 Å². The summed E-state index contributed by atoms with van der Waals surface area (Å²) in [5.74, 6) is 1.91. The number of halogens is 2. The van der Waals surface area contributed by atoms with E-state index in [-0.39, 0.29) is 0 Å². The van der Waals surface area contributed by atoms with Crippen molar-refractivity contribution in [2.45, 2.75) is 0 Å². The second-order valence-electron chi connectivity index (χ2n) is 1.06. The topological polar surface area (TPSA) is 44.8 Å². The molecule has 0 radical (unpaired) electrons. The maximum atomic E-state index is 11.2. The average molecular weight is 188 g/mol. The first kappa shape index (κ1) is 9.89. The van der Waals surface area contributed by atoms with Crippen LogP contribution in [0.15, 0.2) is 0 Å². The third kappa shape index (κ3) is 3.16. The van der Waals surface area contributed by atoms with Gasteiger partial charge < -0.3 is 0 Å². The second-order valence-corrected chi connectivity index (χ2v) is 2.91. The third-order valence-corrected chi connectivity index (χ3v) is 1.77. The summed E-state index contributed by atoms with van der Waals surface area (Å²) in [5.41, 5.74) is 0. The monoisotopic (exact) mass is 188 g/mol. The zero-order valence-electron chi connectivity index (χ0n) is 4.62. The Kier molecular flexibility index (Phi) is 4.62. The highest BCUT2D eigenvalue weighted by molar-refractivity contribution is 7.49. The summed E-state index contributed by atoms with van der Waals surface area (Å²) in [6.45, 7) is -0.409. The first-order chi connectivity index (χ1) is 4.68. The van der Waals surface area contributed by atoms with E-state index in [0.717, 1.165) is 0 Å². The highest BCUT2D eigenvalue weighted by atomic mass is 35.5. The lowest BCUT2D eigenvalue weighted by atomic mass is 10.8. The molecule has 0 aromatic rings. The number of terminal acetylenes is 1. The van der Waals surface area contributed by atoms with E-state index in [1.165, 1.54) is 0 Å². The molecule has 0 aromatic carbocycles. The summed E-state index contributed by atoms with van der Waals surface area (Å²) >= 11 is 4.52. The number of hydrogen-bond acceptors (Lipinski definition) is 4. The summed E-state index contributed by atoms with van der Waals surface area (Å²) in [6.07, 6.45) is 4.67. The third-order valence-electron chi connectivity index (χ3n) is 0.475. The van der Waals surface area contributed by atoms with Gasteiger partial charge in [-0.2, -0.15) is 4.08 Å². The van der Waals surface area contributed by atoms with E-state index in [1.807, 2.05) is 5.92 Å². The largest absolute Gasteiger partial charge is 0.523 e. The van der Waals surface area contributed by atoms with Gasteiger partial charge in [0.05, 0.1) is 11.9 Å². The minimum atomic E-state index is -4.24. The molecule has 0 aliphatic rings. The van der Waals surface area contributed by atoms with E-state index in [0.29, 0.717) is 0 Å². The highest BCUT2D eigenvalue weighted by Gasteiger charge is 2.27. The van der Waals surface area contributed by atoms with Crippen molar-refractivity contribution in [1.82, 2.24) is 0 Å². The van der Waals surface area contributed by atoms with Gasteiger partial charge in [0.1, 0.15) is 6.61 Å². The van der Waals surface area contributed by atoms with Gasteiger partial charge in [-0.05, 0) is 4.53 Å². The van der Waals surface area contributed by atoms with E-state index < -0.39 is 14.4 Å². The molecule has 0 saturated carbocycles. The van der Waals surface area contributed by atoms with Crippen molar-refractivity contribution in [2.24, 2.45) is 0 Å². The molecule has 4 nitrogen and oxygen atoms in total. The maximum absolute atomic E-state index is 11.2. The molecule has 0 aromatic heterocycles. The average Bonchev–Trinajstić information content (AvgIpc) is 2.00. The molecule has 0 saturated heterocycles. The minimum Gasteiger partial charge on any atom is -0.271 e. The normalized spacial score (nSPS) is 15.7. The van der Waals surface area contributed by atoms with Gasteiger partial charge in [-0.3, -0.25) is 4.52 Å². The molecule has 0 aliphatic heterocycles. The maximum Gasteiger partial charge on any atom is 0.523 e. The Hall–Kier alpha value is -0.110. The molecule has 0 N–H and O–H groups in total. The SMILES string of the molecule is C#CCOP(=O)(OF)OCl. The molecule has 0 rings (SSSR count). The Morgan fingerprint density at radius 3 is 2.70 bits per heavy atom. The molecule has 10 heavy (non-hydrogen) atoms. The fourth-order valence-electron chi connectivity index (χ4n) is 0.167. The van der Waals surface area contributed by atoms with E-state index in [4.69, 9.17) is 0 Å². The van der Waals surface area contributed by atoms with Crippen LogP contribution in [0.2, 0.25) is 0 Å². The Labute approximate surface area is 61.9 Å². The van der Waals surface area contributed by atoms with E-state index in [9.17, 15) is 9.09 Å². The molecule has 0 heterocycles. The van der Waals surface area contributed by atoms with Crippen molar-refractivity contribution >= 4 is 19.7 Å². The molecule has 0 bridgehead atoms. The molecule has 1 unspecified atom stereocenters. The predicted octanol–water partition coefficient (Wildman–Crippen LogP) is 1.82. The quantitative estimate of drug-likeness (QED) is 0.499. The first-order valence-corrected chi connectivity index (χ1v) is 3.74. The Morgan fingerprint density at radius 2 is 2.40 bits per heavy atom. The smallest absolute Gasteiger partial charge is 0.271 e. The van der Waals surface area contributed by atoms with Crippen molar-refractivity contribution in [3.63, 3.8) is 0 Å². The summed E-state index contributed by atoms with van der Waals surface area (Å²) in [7, 11) is -4.24. The number of hydrogen-bond donors (Lipinski definition) is 0.